The Morgan fingerprint density at radius 3 is 2.52 bits per heavy atom. The number of alkyl halides is 3. The highest BCUT2D eigenvalue weighted by molar-refractivity contribution is 6.33. The van der Waals surface area contributed by atoms with Gasteiger partial charge in [-0.25, -0.2) is 9.97 Å². The monoisotopic (exact) mass is 482 g/mol. The number of carbonyl (C=O) groups excluding carboxylic acids is 1. The Labute approximate surface area is 188 Å². The van der Waals surface area contributed by atoms with Gasteiger partial charge in [0.05, 0.1) is 33.9 Å². The maximum absolute atomic E-state index is 13.0. The van der Waals surface area contributed by atoms with E-state index >= 15 is 0 Å². The number of ether oxygens (including phenoxy) is 1. The number of benzene rings is 2. The minimum Gasteiger partial charge on any atom is -0.496 e. The van der Waals surface area contributed by atoms with Gasteiger partial charge in [0.25, 0.3) is 5.91 Å². The van der Waals surface area contributed by atoms with E-state index in [1.54, 1.807) is 18.2 Å². The molecule has 0 fully saturated rings. The SMILES string of the molecule is COc1ccccc1C(=O)NNc1ncnc(Nc2cc(C(F)(F)F)ccc2Cl)c1[N+](=O)[O-]. The highest BCUT2D eigenvalue weighted by atomic mass is 35.5. The van der Waals surface area contributed by atoms with Crippen LogP contribution in [0.4, 0.5) is 36.2 Å². The van der Waals surface area contributed by atoms with E-state index in [4.69, 9.17) is 16.3 Å². The van der Waals surface area contributed by atoms with Gasteiger partial charge in [-0.05, 0) is 30.3 Å². The molecule has 0 aliphatic carbocycles. The standard InChI is InChI=1S/C19H14ClF3N6O4/c1-33-14-5-3-2-4-11(14)18(30)28-27-17-15(29(31)32)16(24-9-25-17)26-13-8-10(19(21,22)23)6-7-12(13)20/h2-9H,1H3,(H,28,30)(H2,24,25,26,27). The number of hydrogen-bond donors (Lipinski definition) is 3. The van der Waals surface area contributed by atoms with Crippen molar-refractivity contribution in [2.24, 2.45) is 0 Å². The molecule has 0 aliphatic rings. The summed E-state index contributed by atoms with van der Waals surface area (Å²) in [5.74, 6) is -1.31. The Hall–Kier alpha value is -4.13. The van der Waals surface area contributed by atoms with Gasteiger partial charge in [0.1, 0.15) is 12.1 Å². The highest BCUT2D eigenvalue weighted by Crippen LogP contribution is 2.37. The van der Waals surface area contributed by atoms with Crippen LogP contribution in [-0.4, -0.2) is 27.9 Å². The third-order valence-electron chi connectivity index (χ3n) is 4.20. The lowest BCUT2D eigenvalue weighted by Crippen LogP contribution is -2.30. The first kappa shape index (κ1) is 23.5. The van der Waals surface area contributed by atoms with Crippen molar-refractivity contribution in [2.75, 3.05) is 17.9 Å². The van der Waals surface area contributed by atoms with Gasteiger partial charge in [-0.1, -0.05) is 23.7 Å². The number of anilines is 3. The summed E-state index contributed by atoms with van der Waals surface area (Å²) in [5, 5.41) is 13.9. The number of nitrogens with one attached hydrogen (secondary N) is 3. The van der Waals surface area contributed by atoms with E-state index < -0.39 is 39.9 Å². The molecule has 0 bridgehead atoms. The van der Waals surface area contributed by atoms with Crippen LogP contribution in [0.5, 0.6) is 5.75 Å². The van der Waals surface area contributed by atoms with Gasteiger partial charge in [0, 0.05) is 0 Å². The zero-order valence-electron chi connectivity index (χ0n) is 16.6. The molecular formula is C19H14ClF3N6O4. The van der Waals surface area contributed by atoms with Gasteiger partial charge in [0.15, 0.2) is 0 Å². The first-order valence-corrected chi connectivity index (χ1v) is 9.32. The van der Waals surface area contributed by atoms with Crippen LogP contribution in [0.25, 0.3) is 0 Å². The van der Waals surface area contributed by atoms with E-state index in [1.165, 1.54) is 13.2 Å². The molecular weight excluding hydrogens is 469 g/mol. The van der Waals surface area contributed by atoms with E-state index in [-0.39, 0.29) is 22.0 Å². The normalized spacial score (nSPS) is 10.9. The number of amides is 1. The molecule has 0 radical (unpaired) electrons. The van der Waals surface area contributed by atoms with Gasteiger partial charge in [-0.2, -0.15) is 13.2 Å². The number of aromatic nitrogens is 2. The molecule has 1 heterocycles. The average molecular weight is 483 g/mol. The fraction of sp³-hybridized carbons (Fsp3) is 0.105. The topological polar surface area (TPSA) is 131 Å². The summed E-state index contributed by atoms with van der Waals surface area (Å²) in [4.78, 5) is 30.7. The summed E-state index contributed by atoms with van der Waals surface area (Å²) in [6.07, 6.45) is -3.75. The van der Waals surface area contributed by atoms with Gasteiger partial charge in [0.2, 0.25) is 11.6 Å². The summed E-state index contributed by atoms with van der Waals surface area (Å²) in [5.41, 5.74) is 2.68. The number of methoxy groups -OCH3 is 1. The van der Waals surface area contributed by atoms with E-state index in [0.717, 1.165) is 18.5 Å². The number of para-hydroxylation sites is 1. The molecule has 1 aromatic heterocycles. The summed E-state index contributed by atoms with van der Waals surface area (Å²) in [6.45, 7) is 0. The van der Waals surface area contributed by atoms with Crippen molar-refractivity contribution in [3.63, 3.8) is 0 Å². The Morgan fingerprint density at radius 1 is 1.15 bits per heavy atom. The van der Waals surface area contributed by atoms with Gasteiger partial charge in [-0.3, -0.25) is 25.8 Å². The smallest absolute Gasteiger partial charge is 0.416 e. The van der Waals surface area contributed by atoms with Gasteiger partial charge in [-0.15, -0.1) is 0 Å². The Bertz CT molecular complexity index is 1210. The molecule has 2 aromatic carbocycles. The molecule has 33 heavy (non-hydrogen) atoms. The second-order valence-electron chi connectivity index (χ2n) is 6.27. The van der Waals surface area contributed by atoms with Crippen LogP contribution in [0.1, 0.15) is 15.9 Å². The van der Waals surface area contributed by atoms with Crippen LogP contribution in [0.3, 0.4) is 0 Å². The summed E-state index contributed by atoms with van der Waals surface area (Å²) in [6, 6.07) is 8.69. The molecule has 3 aromatic rings. The highest BCUT2D eigenvalue weighted by Gasteiger charge is 2.31. The number of nitrogens with zero attached hydrogens (tertiary/aromatic N) is 3. The Kier molecular flexibility index (Phi) is 6.82. The molecule has 10 nitrogen and oxygen atoms in total. The molecule has 3 rings (SSSR count). The van der Waals surface area contributed by atoms with E-state index in [0.29, 0.717) is 6.07 Å². The summed E-state index contributed by atoms with van der Waals surface area (Å²) < 4.78 is 44.1. The number of nitro groups is 1. The predicted octanol–water partition coefficient (Wildman–Crippen LogP) is 4.57. The van der Waals surface area contributed by atoms with Crippen molar-refractivity contribution in [3.05, 3.63) is 75.1 Å². The number of hydrazine groups is 1. The third-order valence-corrected chi connectivity index (χ3v) is 4.53. The maximum Gasteiger partial charge on any atom is 0.416 e. The Balaban J connectivity index is 1.89. The number of halogens is 4. The fourth-order valence-electron chi connectivity index (χ4n) is 2.68. The maximum atomic E-state index is 13.0. The molecule has 0 aliphatic heterocycles. The van der Waals surface area contributed by atoms with E-state index in [9.17, 15) is 28.1 Å². The van der Waals surface area contributed by atoms with E-state index in [2.05, 4.69) is 26.1 Å². The van der Waals surface area contributed by atoms with E-state index in [1.807, 2.05) is 0 Å². The van der Waals surface area contributed by atoms with Crippen molar-refractivity contribution in [1.82, 2.24) is 15.4 Å². The second kappa shape index (κ2) is 9.56. The quantitative estimate of drug-likeness (QED) is 0.330. The second-order valence-corrected chi connectivity index (χ2v) is 6.68. The lowest BCUT2D eigenvalue weighted by atomic mass is 10.2. The van der Waals surface area contributed by atoms with Crippen LogP contribution in [0.15, 0.2) is 48.8 Å². The van der Waals surface area contributed by atoms with Crippen LogP contribution in [0, 0.1) is 10.1 Å². The van der Waals surface area contributed by atoms with Crippen molar-refractivity contribution >= 4 is 40.5 Å². The minimum absolute atomic E-state index is 0.130. The average Bonchev–Trinajstić information content (AvgIpc) is 2.77. The van der Waals surface area contributed by atoms with Crippen molar-refractivity contribution in [3.8, 4) is 5.75 Å². The van der Waals surface area contributed by atoms with Crippen molar-refractivity contribution < 1.29 is 27.6 Å². The van der Waals surface area contributed by atoms with Gasteiger partial charge >= 0.3 is 11.9 Å². The molecule has 1 amide bonds. The predicted molar refractivity (Wildman–Crippen MR) is 113 cm³/mol. The zero-order chi connectivity index (χ0) is 24.2. The third kappa shape index (κ3) is 5.38. The van der Waals surface area contributed by atoms with Crippen LogP contribution < -0.4 is 20.9 Å². The first-order valence-electron chi connectivity index (χ1n) is 8.94. The minimum atomic E-state index is -4.66. The fourth-order valence-corrected chi connectivity index (χ4v) is 2.84. The summed E-state index contributed by atoms with van der Waals surface area (Å²) in [7, 11) is 1.37. The van der Waals surface area contributed by atoms with Crippen molar-refractivity contribution in [1.29, 1.82) is 0 Å². The molecule has 172 valence electrons. The lowest BCUT2D eigenvalue weighted by Gasteiger charge is -2.14. The number of rotatable bonds is 7. The number of hydrogen-bond acceptors (Lipinski definition) is 8. The molecule has 3 N–H and O–H groups in total. The van der Waals surface area contributed by atoms with Crippen LogP contribution in [0.2, 0.25) is 5.02 Å². The molecule has 14 heteroatoms. The largest absolute Gasteiger partial charge is 0.496 e. The summed E-state index contributed by atoms with van der Waals surface area (Å²) >= 11 is 5.94. The number of carbonyl (C=O) groups is 1. The molecule has 0 atom stereocenters. The Morgan fingerprint density at radius 2 is 1.85 bits per heavy atom. The first-order chi connectivity index (χ1) is 15.6. The van der Waals surface area contributed by atoms with Gasteiger partial charge < -0.3 is 10.1 Å². The van der Waals surface area contributed by atoms with Crippen LogP contribution >= 0.6 is 11.6 Å². The molecule has 0 unspecified atom stereocenters. The lowest BCUT2D eigenvalue weighted by molar-refractivity contribution is -0.383. The molecule has 0 saturated carbocycles. The zero-order valence-corrected chi connectivity index (χ0v) is 17.4. The van der Waals surface area contributed by atoms with Crippen LogP contribution in [-0.2, 0) is 6.18 Å². The molecule has 0 spiro atoms. The van der Waals surface area contributed by atoms with Crippen molar-refractivity contribution in [2.45, 2.75) is 6.18 Å². The molecule has 0 saturated heterocycles.